The van der Waals surface area contributed by atoms with Gasteiger partial charge in [0.25, 0.3) is 0 Å². The molecule has 0 aliphatic carbocycles. The van der Waals surface area contributed by atoms with Crippen LogP contribution in [0.15, 0.2) is 36.4 Å². The molecule has 0 bridgehead atoms. The number of carbonyl (C=O) groups is 1. The third kappa shape index (κ3) is 2.87. The van der Waals surface area contributed by atoms with Crippen LogP contribution in [0.4, 0.5) is 8.78 Å². The molecule has 0 aromatic heterocycles. The SMILES string of the molecule is Cc1ccc(C(=O)c2ccccc2C(C)(C)C)c(F)c1F. The van der Waals surface area contributed by atoms with Crippen LogP contribution < -0.4 is 0 Å². The topological polar surface area (TPSA) is 17.1 Å². The molecule has 1 nitrogen and oxygen atoms in total. The minimum Gasteiger partial charge on any atom is -0.288 e. The molecule has 21 heavy (non-hydrogen) atoms. The van der Waals surface area contributed by atoms with E-state index in [2.05, 4.69) is 0 Å². The van der Waals surface area contributed by atoms with Gasteiger partial charge in [0.15, 0.2) is 17.4 Å². The molecule has 0 heterocycles. The Labute approximate surface area is 123 Å². The standard InChI is InChI=1S/C18H18F2O/c1-11-9-10-13(16(20)15(11)19)17(21)12-7-5-6-8-14(12)18(2,3)4/h5-10H,1-4H3. The summed E-state index contributed by atoms with van der Waals surface area (Å²) in [6.45, 7) is 7.40. The minimum atomic E-state index is -1.08. The molecule has 0 saturated heterocycles. The molecule has 0 aliphatic heterocycles. The van der Waals surface area contributed by atoms with E-state index in [0.29, 0.717) is 5.56 Å². The fourth-order valence-corrected chi connectivity index (χ4v) is 2.30. The number of hydrogen-bond donors (Lipinski definition) is 0. The molecule has 2 rings (SSSR count). The molecule has 0 aliphatic rings. The lowest BCUT2D eigenvalue weighted by Gasteiger charge is -2.22. The summed E-state index contributed by atoms with van der Waals surface area (Å²) in [4.78, 5) is 12.6. The van der Waals surface area contributed by atoms with Gasteiger partial charge in [-0.2, -0.15) is 0 Å². The maximum atomic E-state index is 14.0. The molecule has 0 atom stereocenters. The van der Waals surface area contributed by atoms with Crippen molar-refractivity contribution in [3.63, 3.8) is 0 Å². The molecular formula is C18H18F2O. The molecule has 3 heteroatoms. The van der Waals surface area contributed by atoms with Crippen molar-refractivity contribution in [2.24, 2.45) is 0 Å². The van der Waals surface area contributed by atoms with Gasteiger partial charge in [-0.05, 0) is 29.5 Å². The van der Waals surface area contributed by atoms with Crippen LogP contribution in [0.5, 0.6) is 0 Å². The van der Waals surface area contributed by atoms with Crippen molar-refractivity contribution in [3.05, 3.63) is 70.3 Å². The van der Waals surface area contributed by atoms with E-state index in [9.17, 15) is 13.6 Å². The maximum Gasteiger partial charge on any atom is 0.196 e. The molecule has 0 saturated carbocycles. The molecular weight excluding hydrogens is 270 g/mol. The number of carbonyl (C=O) groups excluding carboxylic acids is 1. The zero-order chi connectivity index (χ0) is 15.8. The highest BCUT2D eigenvalue weighted by molar-refractivity contribution is 6.10. The third-order valence-corrected chi connectivity index (χ3v) is 3.50. The number of ketones is 1. The second-order valence-corrected chi connectivity index (χ2v) is 6.18. The van der Waals surface area contributed by atoms with Crippen LogP contribution in [-0.2, 0) is 5.41 Å². The van der Waals surface area contributed by atoms with Gasteiger partial charge in [-0.3, -0.25) is 4.79 Å². The van der Waals surface area contributed by atoms with Crippen molar-refractivity contribution >= 4 is 5.78 Å². The number of hydrogen-bond acceptors (Lipinski definition) is 1. The molecule has 0 spiro atoms. The fraction of sp³-hybridized carbons (Fsp3) is 0.278. The van der Waals surface area contributed by atoms with Crippen molar-refractivity contribution in [1.82, 2.24) is 0 Å². The zero-order valence-corrected chi connectivity index (χ0v) is 12.6. The first-order valence-corrected chi connectivity index (χ1v) is 6.82. The molecule has 0 N–H and O–H groups in total. The monoisotopic (exact) mass is 288 g/mol. The van der Waals surface area contributed by atoms with Crippen molar-refractivity contribution < 1.29 is 13.6 Å². The molecule has 0 amide bonds. The van der Waals surface area contributed by atoms with Gasteiger partial charge in [-0.25, -0.2) is 8.78 Å². The minimum absolute atomic E-state index is 0.188. The lowest BCUT2D eigenvalue weighted by molar-refractivity contribution is 0.103. The Hall–Kier alpha value is -2.03. The van der Waals surface area contributed by atoms with E-state index in [1.165, 1.54) is 19.1 Å². The molecule has 110 valence electrons. The summed E-state index contributed by atoms with van der Waals surface area (Å²) in [7, 11) is 0. The highest BCUT2D eigenvalue weighted by atomic mass is 19.2. The average molecular weight is 288 g/mol. The van der Waals surface area contributed by atoms with Crippen molar-refractivity contribution in [2.75, 3.05) is 0 Å². The summed E-state index contributed by atoms with van der Waals surface area (Å²) in [5, 5.41) is 0. The highest BCUT2D eigenvalue weighted by Crippen LogP contribution is 2.28. The summed E-state index contributed by atoms with van der Waals surface area (Å²) >= 11 is 0. The molecule has 2 aromatic carbocycles. The van der Waals surface area contributed by atoms with Gasteiger partial charge >= 0.3 is 0 Å². The van der Waals surface area contributed by atoms with E-state index >= 15 is 0 Å². The summed E-state index contributed by atoms with van der Waals surface area (Å²) < 4.78 is 27.7. The first-order chi connectivity index (χ1) is 9.73. The van der Waals surface area contributed by atoms with E-state index in [1.807, 2.05) is 32.9 Å². The Morgan fingerprint density at radius 2 is 1.52 bits per heavy atom. The first kappa shape index (κ1) is 15.4. The van der Waals surface area contributed by atoms with Gasteiger partial charge in [0.1, 0.15) is 0 Å². The number of benzene rings is 2. The lowest BCUT2D eigenvalue weighted by atomic mass is 9.81. The van der Waals surface area contributed by atoms with Crippen molar-refractivity contribution in [1.29, 1.82) is 0 Å². The Morgan fingerprint density at radius 3 is 2.14 bits per heavy atom. The van der Waals surface area contributed by atoms with Gasteiger partial charge in [0.05, 0.1) is 5.56 Å². The number of halogens is 2. The Kier molecular flexibility index (Phi) is 3.95. The quantitative estimate of drug-likeness (QED) is 0.725. The van der Waals surface area contributed by atoms with Crippen LogP contribution in [0.3, 0.4) is 0 Å². The summed E-state index contributed by atoms with van der Waals surface area (Å²) in [5.74, 6) is -2.53. The second-order valence-electron chi connectivity index (χ2n) is 6.18. The summed E-state index contributed by atoms with van der Waals surface area (Å²) in [6, 6.07) is 9.82. The van der Waals surface area contributed by atoms with Gasteiger partial charge in [0, 0.05) is 5.56 Å². The van der Waals surface area contributed by atoms with E-state index < -0.39 is 17.4 Å². The van der Waals surface area contributed by atoms with Gasteiger partial charge in [0.2, 0.25) is 0 Å². The van der Waals surface area contributed by atoms with Gasteiger partial charge in [-0.1, -0.05) is 51.1 Å². The molecule has 2 aromatic rings. The predicted octanol–water partition coefficient (Wildman–Crippen LogP) is 4.80. The average Bonchev–Trinajstić information content (AvgIpc) is 2.43. The third-order valence-electron chi connectivity index (χ3n) is 3.50. The van der Waals surface area contributed by atoms with Crippen molar-refractivity contribution in [2.45, 2.75) is 33.1 Å². The molecule has 0 radical (unpaired) electrons. The Bertz CT molecular complexity index is 697. The second kappa shape index (κ2) is 5.40. The molecule has 0 unspecified atom stereocenters. The van der Waals surface area contributed by atoms with E-state index in [0.717, 1.165) is 5.56 Å². The summed E-state index contributed by atoms with van der Waals surface area (Å²) in [5.41, 5.74) is 0.928. The maximum absolute atomic E-state index is 14.0. The van der Waals surface area contributed by atoms with Crippen LogP contribution in [0.25, 0.3) is 0 Å². The smallest absolute Gasteiger partial charge is 0.196 e. The lowest BCUT2D eigenvalue weighted by Crippen LogP contribution is -2.18. The van der Waals surface area contributed by atoms with Crippen LogP contribution >= 0.6 is 0 Å². The van der Waals surface area contributed by atoms with Crippen LogP contribution in [0.1, 0.15) is 47.8 Å². The normalized spacial score (nSPS) is 11.5. The van der Waals surface area contributed by atoms with E-state index in [4.69, 9.17) is 0 Å². The van der Waals surface area contributed by atoms with Crippen molar-refractivity contribution in [3.8, 4) is 0 Å². The van der Waals surface area contributed by atoms with Crippen LogP contribution in [0.2, 0.25) is 0 Å². The zero-order valence-electron chi connectivity index (χ0n) is 12.6. The molecule has 0 fully saturated rings. The number of rotatable bonds is 2. The van der Waals surface area contributed by atoms with E-state index in [-0.39, 0.29) is 16.5 Å². The predicted molar refractivity (Wildman–Crippen MR) is 79.7 cm³/mol. The van der Waals surface area contributed by atoms with E-state index in [1.54, 1.807) is 12.1 Å². The Balaban J connectivity index is 2.59. The largest absolute Gasteiger partial charge is 0.288 e. The van der Waals surface area contributed by atoms with Crippen LogP contribution in [-0.4, -0.2) is 5.78 Å². The van der Waals surface area contributed by atoms with Crippen LogP contribution in [0, 0.1) is 18.6 Å². The Morgan fingerprint density at radius 1 is 0.905 bits per heavy atom. The fourth-order valence-electron chi connectivity index (χ4n) is 2.30. The van der Waals surface area contributed by atoms with Gasteiger partial charge < -0.3 is 0 Å². The summed E-state index contributed by atoms with van der Waals surface area (Å²) in [6.07, 6.45) is 0. The highest BCUT2D eigenvalue weighted by Gasteiger charge is 2.24. The first-order valence-electron chi connectivity index (χ1n) is 6.82. The number of aryl methyl sites for hydroxylation is 1. The van der Waals surface area contributed by atoms with Gasteiger partial charge in [-0.15, -0.1) is 0 Å².